The molecular weight excluding hydrogens is 1190 g/mol. The molecule has 8 aromatic rings. The number of pyridine rings is 1. The van der Waals surface area contributed by atoms with Gasteiger partial charge in [0.1, 0.15) is 34.5 Å². The number of aromatic nitrogens is 4. The zero-order chi connectivity index (χ0) is 62.8. The number of esters is 2. The van der Waals surface area contributed by atoms with E-state index in [0.29, 0.717) is 121 Å². The smallest absolute Gasteiger partial charge is 0.340 e. The molecule has 0 bridgehead atoms. The molecule has 0 atom stereocenters. The molecule has 2 aliphatic heterocycles. The lowest BCUT2D eigenvalue weighted by Gasteiger charge is -2.36. The summed E-state index contributed by atoms with van der Waals surface area (Å²) in [5, 5.41) is 33.7. The van der Waals surface area contributed by atoms with Crippen molar-refractivity contribution in [1.82, 2.24) is 30.2 Å². The maximum Gasteiger partial charge on any atom is 0.340 e. The quantitative estimate of drug-likeness (QED) is 0.0131. The summed E-state index contributed by atoms with van der Waals surface area (Å²) < 4.78 is 67.2. The molecule has 1 spiro atoms. The molecule has 90 heavy (non-hydrogen) atoms. The molecule has 0 radical (unpaired) electrons. The molecule has 2 aliphatic rings. The van der Waals surface area contributed by atoms with Gasteiger partial charge in [-0.3, -0.25) is 24.7 Å². The molecule has 6 N–H and O–H groups in total. The maximum atomic E-state index is 14.9. The van der Waals surface area contributed by atoms with Crippen LogP contribution < -0.4 is 30.7 Å². The predicted molar refractivity (Wildman–Crippen MR) is 325 cm³/mol. The Morgan fingerprint density at radius 1 is 0.678 bits per heavy atom. The van der Waals surface area contributed by atoms with E-state index < -0.39 is 29.4 Å². The highest BCUT2D eigenvalue weighted by Crippen LogP contribution is 2.57. The number of amides is 4. The first-order valence-electron chi connectivity index (χ1n) is 29.0. The van der Waals surface area contributed by atoms with Crippen molar-refractivity contribution in [1.29, 1.82) is 0 Å². The van der Waals surface area contributed by atoms with Gasteiger partial charge >= 0.3 is 18.0 Å². The second kappa shape index (κ2) is 30.7. The summed E-state index contributed by atoms with van der Waals surface area (Å²) in [5.41, 5.74) is 4.47. The first kappa shape index (κ1) is 63.6. The van der Waals surface area contributed by atoms with E-state index >= 15 is 0 Å². The van der Waals surface area contributed by atoms with Crippen LogP contribution >= 0.6 is 11.3 Å². The topological polar surface area (TPSA) is 301 Å². The van der Waals surface area contributed by atoms with Gasteiger partial charge in [0.2, 0.25) is 5.91 Å². The van der Waals surface area contributed by atoms with E-state index in [1.54, 1.807) is 48.7 Å². The van der Waals surface area contributed by atoms with Crippen LogP contribution in [0.4, 0.5) is 20.0 Å². The van der Waals surface area contributed by atoms with Gasteiger partial charge < -0.3 is 73.4 Å². The third kappa shape index (κ3) is 16.3. The van der Waals surface area contributed by atoms with E-state index in [-0.39, 0.29) is 98.5 Å². The van der Waals surface area contributed by atoms with Gasteiger partial charge in [-0.05, 0) is 97.8 Å². The van der Waals surface area contributed by atoms with Crippen LogP contribution in [0, 0.1) is 12.7 Å². The SMILES string of the molecule is Cc1nc2cc(C(=O)Nc3nc(-c4ccccn4)cs3)ccc2n1CCCC(=O)NCc1ccc(OC(=O)CCOCCOCCOCCOCCOCCOCCNC(=O)Nc2ccc3c(c2)C(=O)OC32c3ccc(O)cc3Oc3cc(O)ccc32)c(F)c1. The number of thiazole rings is 1. The summed E-state index contributed by atoms with van der Waals surface area (Å²) in [6, 6.07) is 28.3. The number of fused-ring (bicyclic) bond motifs is 7. The van der Waals surface area contributed by atoms with Gasteiger partial charge in [-0.25, -0.2) is 23.9 Å². The normalized spacial score (nSPS) is 12.6. The summed E-state index contributed by atoms with van der Waals surface area (Å²) in [4.78, 5) is 77.7. The van der Waals surface area contributed by atoms with E-state index in [1.165, 1.54) is 53.8 Å². The summed E-state index contributed by atoms with van der Waals surface area (Å²) in [5.74, 6) is -1.63. The number of halogens is 1. The van der Waals surface area contributed by atoms with Gasteiger partial charge in [0.15, 0.2) is 22.3 Å². The average molecular weight is 1250 g/mol. The molecule has 0 saturated heterocycles. The van der Waals surface area contributed by atoms with Crippen LogP contribution in [-0.4, -0.2) is 145 Å². The van der Waals surface area contributed by atoms with Crippen molar-refractivity contribution in [2.24, 2.45) is 0 Å². The second-order valence-corrected chi connectivity index (χ2v) is 21.3. The summed E-state index contributed by atoms with van der Waals surface area (Å²) >= 11 is 1.31. The Hall–Kier alpha value is -9.41. The largest absolute Gasteiger partial charge is 0.508 e. The number of nitrogens with one attached hydrogen (secondary N) is 4. The number of urea groups is 1. The molecule has 470 valence electrons. The fraction of sp³-hybridized carbons (Fsp3) is 0.312. The van der Waals surface area contributed by atoms with E-state index in [1.807, 2.05) is 41.1 Å². The molecule has 0 saturated carbocycles. The number of benzene rings is 5. The molecule has 0 unspecified atom stereocenters. The maximum absolute atomic E-state index is 14.9. The number of nitrogens with zero attached hydrogens (tertiary/aromatic N) is 4. The zero-order valence-electron chi connectivity index (χ0n) is 49.0. The van der Waals surface area contributed by atoms with Crippen molar-refractivity contribution >= 4 is 63.0 Å². The molecular formula is C64H65FN8O16S. The van der Waals surface area contributed by atoms with E-state index in [0.717, 1.165) is 11.3 Å². The molecule has 0 fully saturated rings. The molecule has 26 heteroatoms. The number of imidazole rings is 1. The second-order valence-electron chi connectivity index (χ2n) is 20.4. The van der Waals surface area contributed by atoms with Crippen LogP contribution in [0.2, 0.25) is 0 Å². The number of carbonyl (C=O) groups excluding carboxylic acids is 5. The highest BCUT2D eigenvalue weighted by Gasteiger charge is 2.53. The van der Waals surface area contributed by atoms with Crippen molar-refractivity contribution in [3.8, 4) is 40.1 Å². The Balaban J connectivity index is 0.500. The molecule has 0 aliphatic carbocycles. The van der Waals surface area contributed by atoms with E-state index in [4.69, 9.17) is 42.6 Å². The standard InChI is InChI=1S/C64H65FN8O16S/c1-40-69-52-34-42(60(78)72-63-71-53(39-90-63)51-5-2-3-18-66-51)8-15-54(52)73(40)20-4-6-58(76)68-38-41-7-16-55(50(65)33-41)88-59(77)17-21-81-23-25-83-27-29-85-31-32-86-30-28-84-26-24-82-22-19-67-62(80)70-43-9-12-47-46(35-43)61(79)89-64(47)48-13-10-44(74)36-56(48)87-57-37-45(75)11-14-49(57)64/h2-3,5,7-16,18,33-37,39,74-75H,4,6,17,19-32,38H2,1H3,(H,68,76)(H2,67,70,80)(H,71,72,78). The first-order chi connectivity index (χ1) is 43.8. The summed E-state index contributed by atoms with van der Waals surface area (Å²) in [7, 11) is 0. The van der Waals surface area contributed by atoms with Gasteiger partial charge in [0, 0.05) is 77.7 Å². The molecule has 10 rings (SSSR count). The zero-order valence-corrected chi connectivity index (χ0v) is 49.8. The number of rotatable bonds is 32. The van der Waals surface area contributed by atoms with Crippen LogP contribution in [0.5, 0.6) is 28.7 Å². The summed E-state index contributed by atoms with van der Waals surface area (Å²) in [6.45, 7) is 6.18. The van der Waals surface area contributed by atoms with Crippen LogP contribution in [0.3, 0.4) is 0 Å². The third-order valence-corrected chi connectivity index (χ3v) is 15.0. The van der Waals surface area contributed by atoms with Gasteiger partial charge in [0.25, 0.3) is 5.91 Å². The van der Waals surface area contributed by atoms with Crippen molar-refractivity contribution < 1.29 is 81.2 Å². The molecule has 24 nitrogen and oxygen atoms in total. The predicted octanol–water partition coefficient (Wildman–Crippen LogP) is 8.55. The highest BCUT2D eigenvalue weighted by molar-refractivity contribution is 7.14. The van der Waals surface area contributed by atoms with Crippen LogP contribution in [0.15, 0.2) is 121 Å². The van der Waals surface area contributed by atoms with Gasteiger partial charge in [-0.1, -0.05) is 18.2 Å². The number of ether oxygens (including phenoxy) is 9. The fourth-order valence-corrected chi connectivity index (χ4v) is 10.7. The van der Waals surface area contributed by atoms with Crippen molar-refractivity contribution in [2.45, 2.75) is 44.9 Å². The number of carbonyl (C=O) groups is 5. The average Bonchev–Trinajstić information content (AvgIpc) is 1.45. The molecule has 4 amide bonds. The Morgan fingerprint density at radius 2 is 1.34 bits per heavy atom. The Kier molecular flexibility index (Phi) is 21.7. The van der Waals surface area contributed by atoms with Gasteiger partial charge in [0.05, 0.1) is 108 Å². The number of phenolic OH excluding ortho intramolecular Hbond substituents is 2. The van der Waals surface area contributed by atoms with Crippen LogP contribution in [-0.2, 0) is 61.4 Å². The fourth-order valence-electron chi connectivity index (χ4n) is 9.96. The number of anilines is 2. The Bertz CT molecular complexity index is 3800. The number of hydrogen-bond donors (Lipinski definition) is 6. The van der Waals surface area contributed by atoms with Crippen molar-refractivity contribution in [3.63, 3.8) is 0 Å². The minimum atomic E-state index is -1.41. The first-order valence-corrected chi connectivity index (χ1v) is 29.8. The summed E-state index contributed by atoms with van der Waals surface area (Å²) in [6.07, 6.45) is 2.30. The molecule has 5 heterocycles. The minimum absolute atomic E-state index is 0.0497. The number of aromatic hydroxyl groups is 2. The van der Waals surface area contributed by atoms with Crippen LogP contribution in [0.1, 0.15) is 68.1 Å². The number of phenols is 2. The van der Waals surface area contributed by atoms with Crippen LogP contribution in [0.25, 0.3) is 22.4 Å². The van der Waals surface area contributed by atoms with Crippen molar-refractivity contribution in [2.75, 3.05) is 96.5 Å². The lowest BCUT2D eigenvalue weighted by Crippen LogP contribution is -2.33. The third-order valence-electron chi connectivity index (χ3n) is 14.2. The lowest BCUT2D eigenvalue weighted by molar-refractivity contribution is -0.136. The Morgan fingerprint density at radius 3 is 2.01 bits per heavy atom. The molecule has 3 aromatic heterocycles. The van der Waals surface area contributed by atoms with Gasteiger partial charge in [-0.15, -0.1) is 11.3 Å². The minimum Gasteiger partial charge on any atom is -0.508 e. The van der Waals surface area contributed by atoms with E-state index in [2.05, 4.69) is 36.2 Å². The Labute approximate surface area is 519 Å². The van der Waals surface area contributed by atoms with Gasteiger partial charge in [-0.2, -0.15) is 0 Å². The lowest BCUT2D eigenvalue weighted by atomic mass is 9.77. The number of aryl methyl sites for hydroxylation is 2. The molecule has 5 aromatic carbocycles. The number of hydrogen-bond acceptors (Lipinski definition) is 20. The van der Waals surface area contributed by atoms with Crippen molar-refractivity contribution in [3.05, 3.63) is 166 Å². The highest BCUT2D eigenvalue weighted by atomic mass is 32.1. The van der Waals surface area contributed by atoms with E-state index in [9.17, 15) is 38.6 Å². The monoisotopic (exact) mass is 1250 g/mol.